The summed E-state index contributed by atoms with van der Waals surface area (Å²) in [5.41, 5.74) is 3.11. The van der Waals surface area contributed by atoms with Crippen LogP contribution in [0.4, 0.5) is 11.4 Å². The molecular weight excluding hydrogens is 380 g/mol. The molecule has 4 rings (SSSR count). The van der Waals surface area contributed by atoms with E-state index in [1.807, 2.05) is 12.1 Å². The van der Waals surface area contributed by atoms with Crippen LogP contribution < -0.4 is 15.8 Å². The van der Waals surface area contributed by atoms with Gasteiger partial charge in [-0.25, -0.2) is 0 Å². The quantitative estimate of drug-likeness (QED) is 0.607. The molecule has 0 aliphatic carbocycles. The molecule has 3 aromatic rings. The Morgan fingerprint density at radius 3 is 2.60 bits per heavy atom. The highest BCUT2D eigenvalue weighted by Gasteiger charge is 2.14. The second-order valence-corrected chi connectivity index (χ2v) is 7.35. The smallest absolute Gasteiger partial charge is 0.271 e. The third kappa shape index (κ3) is 4.41. The van der Waals surface area contributed by atoms with E-state index in [1.54, 1.807) is 36.4 Å². The lowest BCUT2D eigenvalue weighted by atomic mass is 10.1. The van der Waals surface area contributed by atoms with Gasteiger partial charge < -0.3 is 20.3 Å². The molecule has 3 N–H and O–H groups in total. The minimum atomic E-state index is -0.393. The molecule has 0 spiro atoms. The van der Waals surface area contributed by atoms with E-state index in [0.29, 0.717) is 22.5 Å². The van der Waals surface area contributed by atoms with Gasteiger partial charge in [0.2, 0.25) is 0 Å². The summed E-state index contributed by atoms with van der Waals surface area (Å²) in [6.07, 6.45) is 5.19. The first-order chi connectivity index (χ1) is 14.6. The van der Waals surface area contributed by atoms with E-state index < -0.39 is 5.56 Å². The van der Waals surface area contributed by atoms with Crippen LogP contribution in [0.15, 0.2) is 59.5 Å². The zero-order valence-electron chi connectivity index (χ0n) is 16.6. The molecule has 0 atom stereocenters. The van der Waals surface area contributed by atoms with Crippen molar-refractivity contribution in [1.82, 2.24) is 9.97 Å². The first-order valence-corrected chi connectivity index (χ1v) is 10.1. The van der Waals surface area contributed by atoms with Crippen molar-refractivity contribution >= 4 is 17.3 Å². The third-order valence-corrected chi connectivity index (χ3v) is 5.27. The number of benzene rings is 1. The van der Waals surface area contributed by atoms with E-state index >= 15 is 0 Å². The predicted octanol–water partition coefficient (Wildman–Crippen LogP) is 3.17. The Bertz CT molecular complexity index is 1090. The molecule has 0 unspecified atom stereocenters. The van der Waals surface area contributed by atoms with Gasteiger partial charge >= 0.3 is 0 Å². The minimum absolute atomic E-state index is 0.147. The number of pyridine rings is 2. The van der Waals surface area contributed by atoms with Crippen molar-refractivity contribution in [2.24, 2.45) is 0 Å². The minimum Gasteiger partial charge on any atom is -0.390 e. The molecule has 7 heteroatoms. The van der Waals surface area contributed by atoms with Gasteiger partial charge in [-0.3, -0.25) is 14.6 Å². The molecule has 1 aliphatic rings. The maximum absolute atomic E-state index is 12.7. The summed E-state index contributed by atoms with van der Waals surface area (Å²) in [4.78, 5) is 34.2. The second-order valence-electron chi connectivity index (χ2n) is 7.35. The fourth-order valence-electron chi connectivity index (χ4n) is 3.62. The Balaban J connectivity index is 1.52. The molecule has 2 aromatic heterocycles. The van der Waals surface area contributed by atoms with Crippen molar-refractivity contribution in [2.75, 3.05) is 23.3 Å². The average Bonchev–Trinajstić information content (AvgIpc) is 2.81. The number of rotatable bonds is 5. The topological polar surface area (TPSA) is 98.3 Å². The van der Waals surface area contributed by atoms with Crippen LogP contribution in [0, 0.1) is 0 Å². The Morgan fingerprint density at radius 2 is 1.87 bits per heavy atom. The highest BCUT2D eigenvalue weighted by atomic mass is 16.3. The van der Waals surface area contributed by atoms with E-state index in [2.05, 4.69) is 20.2 Å². The maximum atomic E-state index is 12.7. The number of hydrogen-bond acceptors (Lipinski definition) is 5. The highest BCUT2D eigenvalue weighted by Crippen LogP contribution is 2.21. The molecule has 1 aromatic carbocycles. The van der Waals surface area contributed by atoms with Crippen LogP contribution in [-0.2, 0) is 6.61 Å². The lowest BCUT2D eigenvalue weighted by Gasteiger charge is -2.28. The SMILES string of the molecule is O=C(Nc1cc(-c2cccc(CO)n2)c[nH]c1=O)c1ccc(N2CCCCC2)cc1. The Labute approximate surface area is 174 Å². The fourth-order valence-corrected chi connectivity index (χ4v) is 3.62. The largest absolute Gasteiger partial charge is 0.390 e. The Morgan fingerprint density at radius 1 is 1.10 bits per heavy atom. The molecule has 7 nitrogen and oxygen atoms in total. The predicted molar refractivity (Wildman–Crippen MR) is 117 cm³/mol. The van der Waals surface area contributed by atoms with Crippen LogP contribution in [0.1, 0.15) is 35.3 Å². The number of hydrogen-bond donors (Lipinski definition) is 3. The van der Waals surface area contributed by atoms with Gasteiger partial charge in [0, 0.05) is 36.1 Å². The molecule has 1 saturated heterocycles. The van der Waals surface area contributed by atoms with Crippen molar-refractivity contribution in [3.8, 4) is 11.3 Å². The number of H-pyrrole nitrogens is 1. The number of aliphatic hydroxyl groups excluding tert-OH is 1. The van der Waals surface area contributed by atoms with Gasteiger partial charge in [-0.1, -0.05) is 6.07 Å². The second kappa shape index (κ2) is 8.92. The van der Waals surface area contributed by atoms with Gasteiger partial charge in [0.15, 0.2) is 0 Å². The molecule has 0 bridgehead atoms. The molecule has 154 valence electrons. The summed E-state index contributed by atoms with van der Waals surface area (Å²) in [7, 11) is 0. The van der Waals surface area contributed by atoms with Crippen LogP contribution >= 0.6 is 0 Å². The van der Waals surface area contributed by atoms with Crippen molar-refractivity contribution in [1.29, 1.82) is 0 Å². The number of aromatic nitrogens is 2. The van der Waals surface area contributed by atoms with Crippen LogP contribution in [0.5, 0.6) is 0 Å². The first kappa shape index (κ1) is 19.8. The molecule has 30 heavy (non-hydrogen) atoms. The zero-order chi connectivity index (χ0) is 20.9. The molecule has 0 saturated carbocycles. The molecule has 3 heterocycles. The standard InChI is InChI=1S/C23H24N4O3/c28-15-18-5-4-6-20(25-18)17-13-21(23(30)24-14-17)26-22(29)16-7-9-19(10-8-16)27-11-2-1-3-12-27/h4-10,13-14,28H,1-3,11-12,15H2,(H,24,30)(H,26,29). The normalized spacial score (nSPS) is 13.8. The third-order valence-electron chi connectivity index (χ3n) is 5.27. The molecule has 1 aliphatic heterocycles. The van der Waals surface area contributed by atoms with Crippen LogP contribution in [0.2, 0.25) is 0 Å². The van der Waals surface area contributed by atoms with Gasteiger partial charge in [-0.15, -0.1) is 0 Å². The van der Waals surface area contributed by atoms with Gasteiger partial charge in [0.25, 0.3) is 11.5 Å². The van der Waals surface area contributed by atoms with Gasteiger partial charge in [0.1, 0.15) is 5.69 Å². The summed E-state index contributed by atoms with van der Waals surface area (Å²) in [5, 5.41) is 12.0. The number of aromatic amines is 1. The summed E-state index contributed by atoms with van der Waals surface area (Å²) >= 11 is 0. The summed E-state index contributed by atoms with van der Waals surface area (Å²) in [6.45, 7) is 1.91. The van der Waals surface area contributed by atoms with E-state index in [-0.39, 0.29) is 18.2 Å². The van der Waals surface area contributed by atoms with Crippen molar-refractivity contribution in [3.63, 3.8) is 0 Å². The Hall–Kier alpha value is -3.45. The van der Waals surface area contributed by atoms with Crippen LogP contribution in [0.3, 0.4) is 0 Å². The lowest BCUT2D eigenvalue weighted by molar-refractivity contribution is 0.102. The number of carbonyl (C=O) groups excluding carboxylic acids is 1. The fraction of sp³-hybridized carbons (Fsp3) is 0.261. The van der Waals surface area contributed by atoms with Gasteiger partial charge in [-0.05, 0) is 61.7 Å². The number of anilines is 2. The van der Waals surface area contributed by atoms with E-state index in [4.69, 9.17) is 0 Å². The van der Waals surface area contributed by atoms with Gasteiger partial charge in [-0.2, -0.15) is 0 Å². The first-order valence-electron chi connectivity index (χ1n) is 10.1. The molecule has 0 radical (unpaired) electrons. The van der Waals surface area contributed by atoms with Crippen molar-refractivity contribution in [2.45, 2.75) is 25.9 Å². The van der Waals surface area contributed by atoms with Gasteiger partial charge in [0.05, 0.1) is 18.0 Å². The zero-order valence-corrected chi connectivity index (χ0v) is 16.6. The average molecular weight is 404 g/mol. The summed E-state index contributed by atoms with van der Waals surface area (Å²) in [5.74, 6) is -0.347. The number of amides is 1. The molecular formula is C23H24N4O3. The van der Waals surface area contributed by atoms with Crippen molar-refractivity contribution < 1.29 is 9.90 Å². The lowest BCUT2D eigenvalue weighted by Crippen LogP contribution is -2.29. The number of nitrogens with zero attached hydrogens (tertiary/aromatic N) is 2. The van der Waals surface area contributed by atoms with Crippen LogP contribution in [-0.4, -0.2) is 34.1 Å². The number of aliphatic hydroxyl groups is 1. The van der Waals surface area contributed by atoms with E-state index in [0.717, 1.165) is 18.8 Å². The molecule has 1 amide bonds. The number of piperidine rings is 1. The van der Waals surface area contributed by atoms with E-state index in [1.165, 1.54) is 25.5 Å². The maximum Gasteiger partial charge on any atom is 0.271 e. The van der Waals surface area contributed by atoms with Crippen LogP contribution in [0.25, 0.3) is 11.3 Å². The molecule has 1 fully saturated rings. The highest BCUT2D eigenvalue weighted by molar-refractivity contribution is 6.04. The summed E-state index contributed by atoms with van der Waals surface area (Å²) in [6, 6.07) is 14.3. The Kier molecular flexibility index (Phi) is 5.90. The number of carbonyl (C=O) groups is 1. The van der Waals surface area contributed by atoms with E-state index in [9.17, 15) is 14.7 Å². The number of nitrogens with one attached hydrogen (secondary N) is 2. The van der Waals surface area contributed by atoms with Crippen molar-refractivity contribution in [3.05, 3.63) is 76.3 Å². The summed E-state index contributed by atoms with van der Waals surface area (Å²) < 4.78 is 0. The monoisotopic (exact) mass is 404 g/mol.